The van der Waals surface area contributed by atoms with E-state index in [4.69, 9.17) is 9.97 Å². The first-order valence-corrected chi connectivity index (χ1v) is 14.7. The molecule has 0 N–H and O–H groups in total. The second-order valence-corrected chi connectivity index (χ2v) is 11.6. The van der Waals surface area contributed by atoms with E-state index >= 15 is 0 Å². The van der Waals surface area contributed by atoms with Crippen molar-refractivity contribution in [2.75, 3.05) is 4.90 Å². The molecule has 0 atom stereocenters. The molecule has 8 rings (SSSR count). The molecule has 0 radical (unpaired) electrons. The third-order valence-corrected chi connectivity index (χ3v) is 8.64. The van der Waals surface area contributed by atoms with Crippen molar-refractivity contribution >= 4 is 28.0 Å². The maximum atomic E-state index is 5.15. The van der Waals surface area contributed by atoms with Crippen LogP contribution in [-0.4, -0.2) is 14.5 Å². The molecule has 4 nitrogen and oxygen atoms in total. The quantitative estimate of drug-likeness (QED) is 0.217. The summed E-state index contributed by atoms with van der Waals surface area (Å²) in [5, 5.41) is 1.14. The highest BCUT2D eigenvalue weighted by Gasteiger charge is 2.37. The molecule has 0 fully saturated rings. The van der Waals surface area contributed by atoms with Crippen LogP contribution in [0.5, 0.6) is 0 Å². The normalized spacial score (nSPS) is 13.5. The van der Waals surface area contributed by atoms with E-state index in [1.54, 1.807) is 0 Å². The third-order valence-electron chi connectivity index (χ3n) is 8.64. The van der Waals surface area contributed by atoms with E-state index in [1.807, 2.05) is 12.1 Å². The molecule has 0 saturated heterocycles. The van der Waals surface area contributed by atoms with Gasteiger partial charge in [-0.2, -0.15) is 0 Å². The number of anilines is 3. The molecule has 1 aliphatic heterocycles. The van der Waals surface area contributed by atoms with Gasteiger partial charge in [0.2, 0.25) is 5.95 Å². The summed E-state index contributed by atoms with van der Waals surface area (Å²) in [4.78, 5) is 12.7. The smallest absolute Gasteiger partial charge is 0.235 e. The first kappa shape index (κ1) is 25.2. The molecule has 0 bridgehead atoms. The molecule has 4 heteroatoms. The van der Waals surface area contributed by atoms with Crippen LogP contribution in [0.25, 0.3) is 39.4 Å². The molecule has 3 heterocycles. The van der Waals surface area contributed by atoms with Gasteiger partial charge in [0.25, 0.3) is 0 Å². The van der Waals surface area contributed by atoms with Crippen LogP contribution >= 0.6 is 0 Å². The van der Waals surface area contributed by atoms with Crippen LogP contribution < -0.4 is 4.90 Å². The van der Waals surface area contributed by atoms with E-state index in [9.17, 15) is 0 Å². The number of fused-ring (bicyclic) bond motifs is 3. The monoisotopic (exact) mass is 554 g/mol. The van der Waals surface area contributed by atoms with Gasteiger partial charge in [0, 0.05) is 28.1 Å². The summed E-state index contributed by atoms with van der Waals surface area (Å²) in [5.41, 5.74) is 10.9. The van der Waals surface area contributed by atoms with Crippen LogP contribution in [0.15, 0.2) is 146 Å². The fraction of sp³-hybridized carbons (Fsp3) is 0.0769. The fourth-order valence-corrected chi connectivity index (χ4v) is 6.49. The lowest BCUT2D eigenvalue weighted by molar-refractivity contribution is 0.632. The molecule has 0 spiro atoms. The van der Waals surface area contributed by atoms with Gasteiger partial charge in [-0.3, -0.25) is 4.57 Å². The van der Waals surface area contributed by atoms with Crippen LogP contribution in [0.2, 0.25) is 0 Å². The van der Waals surface area contributed by atoms with E-state index in [-0.39, 0.29) is 5.41 Å². The van der Waals surface area contributed by atoms with Gasteiger partial charge in [-0.05, 0) is 35.4 Å². The molecule has 5 aromatic carbocycles. The zero-order valence-electron chi connectivity index (χ0n) is 24.1. The Morgan fingerprint density at radius 1 is 0.512 bits per heavy atom. The van der Waals surface area contributed by atoms with Crippen LogP contribution in [0.1, 0.15) is 25.0 Å². The first-order valence-electron chi connectivity index (χ1n) is 14.7. The van der Waals surface area contributed by atoms with Gasteiger partial charge in [-0.25, -0.2) is 9.97 Å². The SMILES string of the molecule is CC1(C)c2ccccc2N(c2cn(-c3nc(-c4ccccc4)cc(-c4ccccc4)n3)c3ccccc23)c2ccccc21. The zero-order chi connectivity index (χ0) is 29.0. The molecule has 206 valence electrons. The van der Waals surface area contributed by atoms with Crippen molar-refractivity contribution in [3.8, 4) is 28.5 Å². The maximum Gasteiger partial charge on any atom is 0.235 e. The minimum atomic E-state index is -0.125. The molecule has 0 aliphatic carbocycles. The number of nitrogens with zero attached hydrogens (tertiary/aromatic N) is 4. The van der Waals surface area contributed by atoms with E-state index in [0.29, 0.717) is 5.95 Å². The predicted molar refractivity (Wildman–Crippen MR) is 177 cm³/mol. The molecule has 43 heavy (non-hydrogen) atoms. The molecule has 1 aliphatic rings. The Kier molecular flexibility index (Phi) is 5.76. The van der Waals surface area contributed by atoms with Gasteiger partial charge in [0.05, 0.1) is 34.0 Å². The number of rotatable bonds is 4. The van der Waals surface area contributed by atoms with Gasteiger partial charge in [-0.1, -0.05) is 129 Å². The second-order valence-electron chi connectivity index (χ2n) is 11.6. The Balaban J connectivity index is 1.39. The Bertz CT molecular complexity index is 2000. The fourth-order valence-electron chi connectivity index (χ4n) is 6.49. The highest BCUT2D eigenvalue weighted by molar-refractivity contribution is 6.01. The number of aromatic nitrogens is 3. The number of hydrogen-bond acceptors (Lipinski definition) is 3. The lowest BCUT2D eigenvalue weighted by Crippen LogP contribution is -2.30. The Hall–Kier alpha value is -5.48. The minimum Gasteiger partial charge on any atom is -0.308 e. The van der Waals surface area contributed by atoms with Crippen molar-refractivity contribution in [1.82, 2.24) is 14.5 Å². The summed E-state index contributed by atoms with van der Waals surface area (Å²) < 4.78 is 2.15. The summed E-state index contributed by atoms with van der Waals surface area (Å²) in [7, 11) is 0. The van der Waals surface area contributed by atoms with Crippen molar-refractivity contribution in [2.24, 2.45) is 0 Å². The standard InChI is InChI=1S/C39H30N4/c1-39(2)30-20-10-13-23-35(30)43(36-24-14-11-21-31(36)39)37-26-42(34-22-12-9-19-29(34)37)38-40-32(27-15-5-3-6-16-27)25-33(41-38)28-17-7-4-8-18-28/h3-26H,1-2H3. The van der Waals surface area contributed by atoms with Crippen LogP contribution in [-0.2, 0) is 5.41 Å². The minimum absolute atomic E-state index is 0.125. The van der Waals surface area contributed by atoms with Crippen molar-refractivity contribution < 1.29 is 0 Å². The highest BCUT2D eigenvalue weighted by Crippen LogP contribution is 2.53. The van der Waals surface area contributed by atoms with E-state index in [2.05, 4.69) is 157 Å². The van der Waals surface area contributed by atoms with Crippen molar-refractivity contribution in [2.45, 2.75) is 19.3 Å². The lowest BCUT2D eigenvalue weighted by Gasteiger charge is -2.41. The summed E-state index contributed by atoms with van der Waals surface area (Å²) in [5.74, 6) is 0.640. The van der Waals surface area contributed by atoms with Gasteiger partial charge >= 0.3 is 0 Å². The highest BCUT2D eigenvalue weighted by atomic mass is 15.2. The average Bonchev–Trinajstić information content (AvgIpc) is 3.45. The number of hydrogen-bond donors (Lipinski definition) is 0. The number of para-hydroxylation sites is 3. The molecule has 7 aromatic rings. The number of benzene rings is 5. The molecule has 2 aromatic heterocycles. The summed E-state index contributed by atoms with van der Waals surface area (Å²) >= 11 is 0. The summed E-state index contributed by atoms with van der Waals surface area (Å²) in [6.07, 6.45) is 2.20. The van der Waals surface area contributed by atoms with Gasteiger partial charge < -0.3 is 4.90 Å². The maximum absolute atomic E-state index is 5.15. The Morgan fingerprint density at radius 2 is 1.00 bits per heavy atom. The van der Waals surface area contributed by atoms with Gasteiger partial charge in [-0.15, -0.1) is 0 Å². The molecule has 0 saturated carbocycles. The van der Waals surface area contributed by atoms with Crippen molar-refractivity contribution in [1.29, 1.82) is 0 Å². The van der Waals surface area contributed by atoms with E-state index in [1.165, 1.54) is 22.5 Å². The zero-order valence-corrected chi connectivity index (χ0v) is 24.1. The van der Waals surface area contributed by atoms with E-state index in [0.717, 1.165) is 39.1 Å². The Morgan fingerprint density at radius 3 is 1.58 bits per heavy atom. The van der Waals surface area contributed by atoms with Crippen molar-refractivity contribution in [3.05, 3.63) is 157 Å². The largest absolute Gasteiger partial charge is 0.308 e. The van der Waals surface area contributed by atoms with Crippen LogP contribution in [0.3, 0.4) is 0 Å². The summed E-state index contributed by atoms with van der Waals surface area (Å²) in [6.45, 7) is 4.64. The van der Waals surface area contributed by atoms with Crippen molar-refractivity contribution in [3.63, 3.8) is 0 Å². The second kappa shape index (κ2) is 9.81. The van der Waals surface area contributed by atoms with Crippen LogP contribution in [0.4, 0.5) is 17.1 Å². The van der Waals surface area contributed by atoms with E-state index < -0.39 is 0 Å². The molecular weight excluding hydrogens is 524 g/mol. The lowest BCUT2D eigenvalue weighted by atomic mass is 9.73. The van der Waals surface area contributed by atoms with Crippen LogP contribution in [0, 0.1) is 0 Å². The van der Waals surface area contributed by atoms with Gasteiger partial charge in [0.15, 0.2) is 0 Å². The third kappa shape index (κ3) is 4.06. The molecule has 0 amide bonds. The topological polar surface area (TPSA) is 34.0 Å². The molecular formula is C39H30N4. The average molecular weight is 555 g/mol. The van der Waals surface area contributed by atoms with Gasteiger partial charge in [0.1, 0.15) is 0 Å². The summed E-state index contributed by atoms with van der Waals surface area (Å²) in [6, 6.07) is 48.8. The predicted octanol–water partition coefficient (Wildman–Crippen LogP) is 9.86. The Labute approximate surface area is 251 Å². The molecule has 0 unspecified atom stereocenters. The first-order chi connectivity index (χ1) is 21.1.